The first-order valence-electron chi connectivity index (χ1n) is 9.88. The molecule has 1 aliphatic heterocycles. The Morgan fingerprint density at radius 2 is 1.82 bits per heavy atom. The molecule has 2 aliphatic rings. The van der Waals surface area contributed by atoms with Crippen molar-refractivity contribution in [1.82, 2.24) is 0 Å². The van der Waals surface area contributed by atoms with Crippen molar-refractivity contribution in [3.8, 4) is 0 Å². The molecule has 1 aliphatic carbocycles. The van der Waals surface area contributed by atoms with Crippen LogP contribution in [0.4, 0.5) is 8.78 Å². The van der Waals surface area contributed by atoms with Crippen LogP contribution in [-0.4, -0.2) is 26.4 Å². The Balaban J connectivity index is 1.47. The SMILES string of the molecule is C=CCCc1ccc(C2CCC(COC3=C(F)C(F)=C(OC)CC3)OC2)cc1. The molecule has 1 aromatic carbocycles. The molecule has 5 heteroatoms. The maximum atomic E-state index is 14.0. The van der Waals surface area contributed by atoms with Crippen LogP contribution in [0.15, 0.2) is 60.1 Å². The topological polar surface area (TPSA) is 27.7 Å². The molecular weight excluding hydrogens is 362 g/mol. The lowest BCUT2D eigenvalue weighted by molar-refractivity contribution is -0.0371. The molecule has 2 unspecified atom stereocenters. The molecule has 152 valence electrons. The largest absolute Gasteiger partial charge is 0.498 e. The van der Waals surface area contributed by atoms with Crippen LogP contribution in [0.25, 0.3) is 0 Å². The molecular formula is C23H28F2O3. The Labute approximate surface area is 165 Å². The van der Waals surface area contributed by atoms with Crippen molar-refractivity contribution >= 4 is 0 Å². The molecule has 2 atom stereocenters. The van der Waals surface area contributed by atoms with Gasteiger partial charge in [0.15, 0.2) is 11.7 Å². The van der Waals surface area contributed by atoms with Gasteiger partial charge < -0.3 is 14.2 Å². The highest BCUT2D eigenvalue weighted by atomic mass is 19.2. The van der Waals surface area contributed by atoms with Crippen molar-refractivity contribution in [1.29, 1.82) is 0 Å². The van der Waals surface area contributed by atoms with Crippen molar-refractivity contribution in [2.24, 2.45) is 0 Å². The predicted molar refractivity (Wildman–Crippen MR) is 105 cm³/mol. The van der Waals surface area contributed by atoms with E-state index in [1.807, 2.05) is 6.08 Å². The second kappa shape index (κ2) is 9.87. The third kappa shape index (κ3) is 5.02. The zero-order valence-electron chi connectivity index (χ0n) is 16.4. The highest BCUT2D eigenvalue weighted by molar-refractivity contribution is 5.29. The highest BCUT2D eigenvalue weighted by Gasteiger charge is 2.27. The Hall–Kier alpha value is -2.14. The van der Waals surface area contributed by atoms with Gasteiger partial charge in [-0.05, 0) is 36.8 Å². The molecule has 1 aromatic rings. The molecule has 0 spiro atoms. The minimum Gasteiger partial charge on any atom is -0.498 e. The summed E-state index contributed by atoms with van der Waals surface area (Å²) < 4.78 is 44.1. The van der Waals surface area contributed by atoms with Gasteiger partial charge in [-0.15, -0.1) is 6.58 Å². The summed E-state index contributed by atoms with van der Waals surface area (Å²) in [6.45, 7) is 4.61. The van der Waals surface area contributed by atoms with Gasteiger partial charge in [0, 0.05) is 18.8 Å². The molecule has 0 N–H and O–H groups in total. The van der Waals surface area contributed by atoms with E-state index < -0.39 is 11.7 Å². The van der Waals surface area contributed by atoms with Gasteiger partial charge in [0.05, 0.1) is 19.8 Å². The van der Waals surface area contributed by atoms with Crippen LogP contribution in [0.1, 0.15) is 49.1 Å². The maximum absolute atomic E-state index is 14.0. The molecule has 0 saturated carbocycles. The van der Waals surface area contributed by atoms with E-state index in [1.165, 1.54) is 18.2 Å². The van der Waals surface area contributed by atoms with Crippen LogP contribution in [0.3, 0.4) is 0 Å². The third-order valence-electron chi connectivity index (χ3n) is 5.41. The van der Waals surface area contributed by atoms with Crippen LogP contribution < -0.4 is 0 Å². The van der Waals surface area contributed by atoms with Gasteiger partial charge in [0.2, 0.25) is 0 Å². The Morgan fingerprint density at radius 3 is 2.46 bits per heavy atom. The number of hydrogen-bond donors (Lipinski definition) is 0. The summed E-state index contributed by atoms with van der Waals surface area (Å²) in [6.07, 6.45) is 6.26. The molecule has 28 heavy (non-hydrogen) atoms. The summed E-state index contributed by atoms with van der Waals surface area (Å²) in [5, 5.41) is 0. The summed E-state index contributed by atoms with van der Waals surface area (Å²) in [5.74, 6) is -1.45. The highest BCUT2D eigenvalue weighted by Crippen LogP contribution is 2.34. The molecule has 1 fully saturated rings. The van der Waals surface area contributed by atoms with Crippen LogP contribution >= 0.6 is 0 Å². The van der Waals surface area contributed by atoms with Gasteiger partial charge in [-0.25, -0.2) is 0 Å². The average molecular weight is 390 g/mol. The lowest BCUT2D eigenvalue weighted by Gasteiger charge is -2.30. The van der Waals surface area contributed by atoms with Gasteiger partial charge in [-0.2, -0.15) is 8.78 Å². The lowest BCUT2D eigenvalue weighted by atomic mass is 9.90. The van der Waals surface area contributed by atoms with E-state index in [2.05, 4.69) is 30.8 Å². The number of halogens is 2. The first kappa shape index (κ1) is 20.6. The van der Waals surface area contributed by atoms with Crippen LogP contribution in [-0.2, 0) is 20.6 Å². The number of hydrogen-bond acceptors (Lipinski definition) is 3. The Morgan fingerprint density at radius 1 is 1.11 bits per heavy atom. The van der Waals surface area contributed by atoms with E-state index in [1.54, 1.807) is 0 Å². The van der Waals surface area contributed by atoms with E-state index in [0.29, 0.717) is 25.4 Å². The number of ether oxygens (including phenoxy) is 3. The quantitative estimate of drug-likeness (QED) is 0.518. The van der Waals surface area contributed by atoms with E-state index in [4.69, 9.17) is 14.2 Å². The smallest absolute Gasteiger partial charge is 0.199 e. The van der Waals surface area contributed by atoms with Crippen molar-refractivity contribution < 1.29 is 23.0 Å². The minimum atomic E-state index is -0.954. The zero-order chi connectivity index (χ0) is 19.9. The average Bonchev–Trinajstić information content (AvgIpc) is 2.74. The van der Waals surface area contributed by atoms with Crippen LogP contribution in [0, 0.1) is 0 Å². The van der Waals surface area contributed by atoms with Crippen molar-refractivity contribution in [3.05, 3.63) is 71.2 Å². The molecule has 0 bridgehead atoms. The Kier molecular flexibility index (Phi) is 7.26. The second-order valence-electron chi connectivity index (χ2n) is 7.29. The van der Waals surface area contributed by atoms with Gasteiger partial charge in [-0.1, -0.05) is 30.3 Å². The minimum absolute atomic E-state index is 0.0390. The van der Waals surface area contributed by atoms with Crippen molar-refractivity contribution in [2.75, 3.05) is 20.3 Å². The summed E-state index contributed by atoms with van der Waals surface area (Å²) in [4.78, 5) is 0. The number of methoxy groups -OCH3 is 1. The summed E-state index contributed by atoms with van der Waals surface area (Å²) >= 11 is 0. The maximum Gasteiger partial charge on any atom is 0.199 e. The second-order valence-corrected chi connectivity index (χ2v) is 7.29. The molecule has 1 saturated heterocycles. The molecule has 0 aromatic heterocycles. The molecule has 3 rings (SSSR count). The summed E-state index contributed by atoms with van der Waals surface area (Å²) in [5.41, 5.74) is 2.59. The van der Waals surface area contributed by atoms with Crippen LogP contribution in [0.2, 0.25) is 0 Å². The normalized spacial score (nSPS) is 23.0. The molecule has 1 heterocycles. The predicted octanol–water partition coefficient (Wildman–Crippen LogP) is 5.89. The van der Waals surface area contributed by atoms with E-state index in [-0.39, 0.29) is 24.2 Å². The number of rotatable bonds is 8. The fourth-order valence-corrected chi connectivity index (χ4v) is 3.64. The lowest BCUT2D eigenvalue weighted by Crippen LogP contribution is -2.28. The van der Waals surface area contributed by atoms with Gasteiger partial charge >= 0.3 is 0 Å². The zero-order valence-corrected chi connectivity index (χ0v) is 16.4. The van der Waals surface area contributed by atoms with Crippen LogP contribution in [0.5, 0.6) is 0 Å². The number of aryl methyl sites for hydroxylation is 1. The summed E-state index contributed by atoms with van der Waals surface area (Å²) in [7, 11) is 1.34. The van der Waals surface area contributed by atoms with Gasteiger partial charge in [-0.3, -0.25) is 0 Å². The van der Waals surface area contributed by atoms with Gasteiger partial charge in [0.25, 0.3) is 0 Å². The Bertz CT molecular complexity index is 729. The van der Waals surface area contributed by atoms with E-state index in [9.17, 15) is 8.78 Å². The molecule has 0 amide bonds. The fraction of sp³-hybridized carbons (Fsp3) is 0.478. The van der Waals surface area contributed by atoms with Crippen molar-refractivity contribution in [2.45, 2.75) is 50.5 Å². The van der Waals surface area contributed by atoms with Gasteiger partial charge in [0.1, 0.15) is 18.1 Å². The third-order valence-corrected chi connectivity index (χ3v) is 5.41. The number of allylic oxidation sites excluding steroid dienone is 5. The van der Waals surface area contributed by atoms with E-state index >= 15 is 0 Å². The molecule has 3 nitrogen and oxygen atoms in total. The first-order valence-corrected chi connectivity index (χ1v) is 9.88. The first-order chi connectivity index (χ1) is 13.6. The fourth-order valence-electron chi connectivity index (χ4n) is 3.64. The van der Waals surface area contributed by atoms with E-state index in [0.717, 1.165) is 25.7 Å². The number of benzene rings is 1. The summed E-state index contributed by atoms with van der Waals surface area (Å²) in [6, 6.07) is 8.69. The monoisotopic (exact) mass is 390 g/mol. The van der Waals surface area contributed by atoms with Crippen molar-refractivity contribution in [3.63, 3.8) is 0 Å². The molecule has 0 radical (unpaired) electrons. The standard InChI is InChI=1S/C23H28F2O3/c1-3-4-5-16-6-8-17(9-7-16)18-10-11-19(27-14-18)15-28-21-13-12-20(26-2)22(24)23(21)25/h3,6-9,18-19H,1,4-5,10-15H2,2H3.